The fraction of sp³-hybridized carbons (Fsp3) is 0.143. The van der Waals surface area contributed by atoms with E-state index in [0.29, 0.717) is 16.2 Å². The quantitative estimate of drug-likeness (QED) is 0.510. The van der Waals surface area contributed by atoms with E-state index in [1.165, 1.54) is 21.9 Å². The number of fused-ring (bicyclic) bond motifs is 1. The van der Waals surface area contributed by atoms with Crippen LogP contribution in [0.3, 0.4) is 0 Å². The zero-order valence-corrected chi connectivity index (χ0v) is 16.3. The molecule has 1 N–H and O–H groups in total. The van der Waals surface area contributed by atoms with Gasteiger partial charge in [0.2, 0.25) is 4.96 Å². The van der Waals surface area contributed by atoms with Gasteiger partial charge < -0.3 is 9.84 Å². The molecule has 0 saturated heterocycles. The summed E-state index contributed by atoms with van der Waals surface area (Å²) in [6.45, 7) is 1.86. The zero-order chi connectivity index (χ0) is 20.4. The van der Waals surface area contributed by atoms with Crippen molar-refractivity contribution in [1.82, 2.24) is 14.6 Å². The first-order chi connectivity index (χ1) is 14.0. The van der Waals surface area contributed by atoms with Gasteiger partial charge in [0.25, 0.3) is 5.56 Å². The molecule has 29 heavy (non-hydrogen) atoms. The number of phenols is 1. The van der Waals surface area contributed by atoms with Crippen LogP contribution in [0.5, 0.6) is 5.75 Å². The van der Waals surface area contributed by atoms with Crippen LogP contribution < -0.4 is 5.56 Å². The van der Waals surface area contributed by atoms with Gasteiger partial charge in [0.15, 0.2) is 0 Å². The summed E-state index contributed by atoms with van der Waals surface area (Å²) >= 11 is 1.34. The highest BCUT2D eigenvalue weighted by molar-refractivity contribution is 7.16. The molecule has 146 valence electrons. The molecule has 8 heteroatoms. The van der Waals surface area contributed by atoms with Crippen LogP contribution in [0, 0.1) is 0 Å². The normalized spacial score (nSPS) is 10.9. The summed E-state index contributed by atoms with van der Waals surface area (Å²) in [5.74, 6) is -0.299. The monoisotopic (exact) mass is 407 g/mol. The van der Waals surface area contributed by atoms with Crippen LogP contribution in [0.2, 0.25) is 0 Å². The predicted molar refractivity (Wildman–Crippen MR) is 109 cm³/mol. The van der Waals surface area contributed by atoms with Crippen LogP contribution in [0.15, 0.2) is 59.4 Å². The average molecular weight is 407 g/mol. The lowest BCUT2D eigenvalue weighted by Gasteiger charge is -2.06. The Morgan fingerprint density at radius 2 is 1.76 bits per heavy atom. The average Bonchev–Trinajstić information content (AvgIpc) is 3.17. The second kappa shape index (κ2) is 7.84. The third-order valence-corrected chi connectivity index (χ3v) is 5.37. The number of aryl methyl sites for hydroxylation is 1. The Bertz CT molecular complexity index is 1230. The van der Waals surface area contributed by atoms with Gasteiger partial charge in [-0.3, -0.25) is 4.79 Å². The van der Waals surface area contributed by atoms with Gasteiger partial charge in [0.1, 0.15) is 17.4 Å². The standard InChI is InChI=1S/C21H17N3O4S/c1-2-18-23-24-19(26)11-16(22-21(24)29-18)12-28-20(27)15-5-3-13(4-6-15)14-7-9-17(25)10-8-14/h3-11,25H,2,12H2,1H3. The molecule has 4 rings (SSSR count). The largest absolute Gasteiger partial charge is 0.508 e. The molecule has 0 atom stereocenters. The molecule has 0 unspecified atom stereocenters. The lowest BCUT2D eigenvalue weighted by atomic mass is 10.0. The van der Waals surface area contributed by atoms with Crippen molar-refractivity contribution in [3.05, 3.63) is 81.2 Å². The fourth-order valence-corrected chi connectivity index (χ4v) is 3.65. The van der Waals surface area contributed by atoms with E-state index in [1.807, 2.05) is 19.1 Å². The Hall–Kier alpha value is -3.52. The number of aromatic nitrogens is 3. The summed E-state index contributed by atoms with van der Waals surface area (Å²) in [5.41, 5.74) is 2.33. The Morgan fingerprint density at radius 1 is 1.10 bits per heavy atom. The first kappa shape index (κ1) is 18.8. The van der Waals surface area contributed by atoms with E-state index in [-0.39, 0.29) is 17.9 Å². The molecule has 2 heterocycles. The second-order valence-corrected chi connectivity index (χ2v) is 7.37. The van der Waals surface area contributed by atoms with Crippen LogP contribution in [0.1, 0.15) is 28.0 Å². The number of carbonyl (C=O) groups excluding carboxylic acids is 1. The number of nitrogens with zero attached hydrogens (tertiary/aromatic N) is 3. The third-order valence-electron chi connectivity index (χ3n) is 4.31. The van der Waals surface area contributed by atoms with Crippen LogP contribution >= 0.6 is 11.3 Å². The molecule has 0 radical (unpaired) electrons. The lowest BCUT2D eigenvalue weighted by Crippen LogP contribution is -2.16. The smallest absolute Gasteiger partial charge is 0.338 e. The van der Waals surface area contributed by atoms with E-state index < -0.39 is 5.97 Å². The summed E-state index contributed by atoms with van der Waals surface area (Å²) in [7, 11) is 0. The number of rotatable bonds is 5. The van der Waals surface area contributed by atoms with E-state index in [4.69, 9.17) is 4.74 Å². The highest BCUT2D eigenvalue weighted by Crippen LogP contribution is 2.22. The highest BCUT2D eigenvalue weighted by atomic mass is 32.1. The van der Waals surface area contributed by atoms with Gasteiger partial charge in [-0.15, -0.1) is 0 Å². The second-order valence-electron chi connectivity index (χ2n) is 6.33. The predicted octanol–water partition coefficient (Wildman–Crippen LogP) is 3.44. The van der Waals surface area contributed by atoms with Crippen LogP contribution in [-0.4, -0.2) is 25.7 Å². The molecule has 2 aromatic carbocycles. The van der Waals surface area contributed by atoms with Crippen molar-refractivity contribution in [2.75, 3.05) is 0 Å². The molecule has 7 nitrogen and oxygen atoms in total. The Kier molecular flexibility index (Phi) is 5.09. The van der Waals surface area contributed by atoms with Gasteiger partial charge in [0.05, 0.1) is 11.3 Å². The number of hydrogen-bond donors (Lipinski definition) is 1. The van der Waals surface area contributed by atoms with Crippen molar-refractivity contribution in [2.24, 2.45) is 0 Å². The first-order valence-electron chi connectivity index (χ1n) is 8.99. The Labute approximate surface area is 169 Å². The molecule has 0 fully saturated rings. The molecule has 2 aromatic heterocycles. The number of aromatic hydroxyl groups is 1. The maximum absolute atomic E-state index is 12.3. The number of carbonyl (C=O) groups is 1. The van der Waals surface area contributed by atoms with E-state index in [2.05, 4.69) is 10.1 Å². The minimum atomic E-state index is -0.497. The SMILES string of the molecule is CCc1nn2c(=O)cc(COC(=O)c3ccc(-c4ccc(O)cc4)cc3)nc2s1. The molecular formula is C21H17N3O4S. The molecular weight excluding hydrogens is 390 g/mol. The van der Waals surface area contributed by atoms with Crippen molar-refractivity contribution in [2.45, 2.75) is 20.0 Å². The topological polar surface area (TPSA) is 93.8 Å². The molecule has 0 spiro atoms. The van der Waals surface area contributed by atoms with Crippen molar-refractivity contribution in [3.8, 4) is 16.9 Å². The Morgan fingerprint density at radius 3 is 2.41 bits per heavy atom. The summed E-state index contributed by atoms with van der Waals surface area (Å²) in [6.07, 6.45) is 0.720. The van der Waals surface area contributed by atoms with Gasteiger partial charge in [-0.05, 0) is 41.8 Å². The van der Waals surface area contributed by atoms with Crippen LogP contribution in [-0.2, 0) is 17.8 Å². The zero-order valence-electron chi connectivity index (χ0n) is 15.5. The lowest BCUT2D eigenvalue weighted by molar-refractivity contribution is 0.0468. The van der Waals surface area contributed by atoms with Gasteiger partial charge >= 0.3 is 5.97 Å². The highest BCUT2D eigenvalue weighted by Gasteiger charge is 2.12. The molecule has 0 bridgehead atoms. The summed E-state index contributed by atoms with van der Waals surface area (Å²) in [4.78, 5) is 29.3. The van der Waals surface area contributed by atoms with E-state index >= 15 is 0 Å². The van der Waals surface area contributed by atoms with Crippen LogP contribution in [0.25, 0.3) is 16.1 Å². The minimum absolute atomic E-state index is 0.0936. The van der Waals surface area contributed by atoms with Crippen LogP contribution in [0.4, 0.5) is 0 Å². The van der Waals surface area contributed by atoms with Gasteiger partial charge in [-0.2, -0.15) is 9.61 Å². The number of hydrogen-bond acceptors (Lipinski definition) is 7. The molecule has 4 aromatic rings. The van der Waals surface area contributed by atoms with E-state index in [0.717, 1.165) is 22.6 Å². The maximum Gasteiger partial charge on any atom is 0.338 e. The maximum atomic E-state index is 12.3. The number of ether oxygens (including phenoxy) is 1. The van der Waals surface area contributed by atoms with Gasteiger partial charge in [-0.25, -0.2) is 9.78 Å². The summed E-state index contributed by atoms with van der Waals surface area (Å²) in [5, 5.41) is 14.4. The Balaban J connectivity index is 1.46. The molecule has 0 aliphatic heterocycles. The molecule has 0 aliphatic carbocycles. The summed E-state index contributed by atoms with van der Waals surface area (Å²) < 4.78 is 6.57. The van der Waals surface area contributed by atoms with Crippen molar-refractivity contribution >= 4 is 22.3 Å². The first-order valence-corrected chi connectivity index (χ1v) is 9.80. The molecule has 0 aliphatic rings. The van der Waals surface area contributed by atoms with Crippen molar-refractivity contribution in [1.29, 1.82) is 0 Å². The molecule has 0 amide bonds. The third kappa shape index (κ3) is 4.02. The number of esters is 1. The van der Waals surface area contributed by atoms with E-state index in [1.54, 1.807) is 36.4 Å². The molecule has 0 saturated carbocycles. The summed E-state index contributed by atoms with van der Waals surface area (Å²) in [6, 6.07) is 15.1. The minimum Gasteiger partial charge on any atom is -0.508 e. The number of benzene rings is 2. The van der Waals surface area contributed by atoms with E-state index in [9.17, 15) is 14.7 Å². The van der Waals surface area contributed by atoms with Gasteiger partial charge in [0, 0.05) is 6.07 Å². The fourth-order valence-electron chi connectivity index (χ4n) is 2.79. The van der Waals surface area contributed by atoms with Crippen molar-refractivity contribution < 1.29 is 14.6 Å². The van der Waals surface area contributed by atoms with Gasteiger partial charge in [-0.1, -0.05) is 42.5 Å². The number of phenolic OH excluding ortho intramolecular Hbond substituents is 1. The van der Waals surface area contributed by atoms with Crippen molar-refractivity contribution in [3.63, 3.8) is 0 Å².